The summed E-state index contributed by atoms with van der Waals surface area (Å²) in [6.45, 7) is 0.475. The van der Waals surface area contributed by atoms with E-state index in [4.69, 9.17) is 17.3 Å². The Balaban J connectivity index is 1.74. The van der Waals surface area contributed by atoms with Gasteiger partial charge >= 0.3 is 0 Å². The van der Waals surface area contributed by atoms with E-state index in [9.17, 15) is 4.79 Å². The number of rotatable bonds is 6. The van der Waals surface area contributed by atoms with Crippen LogP contribution in [-0.2, 0) is 13.0 Å². The summed E-state index contributed by atoms with van der Waals surface area (Å²) in [6.07, 6.45) is 0.507. The monoisotopic (exact) mass is 362 g/mol. The van der Waals surface area contributed by atoms with Gasteiger partial charge in [0.1, 0.15) is 5.82 Å². The number of nitrogen functional groups attached to an aromatic ring is 3. The van der Waals surface area contributed by atoms with Crippen molar-refractivity contribution in [3.05, 3.63) is 82.9 Å². The fraction of sp³-hybridized carbons (Fsp3) is 0.100. The molecular weight excluding hydrogens is 340 g/mol. The van der Waals surface area contributed by atoms with Crippen molar-refractivity contribution in [2.24, 2.45) is 5.84 Å². The largest absolute Gasteiger partial charge is 0.395 e. The molecule has 7 nitrogen and oxygen atoms in total. The van der Waals surface area contributed by atoms with Crippen LogP contribution in [0.25, 0.3) is 0 Å². The maximum atomic E-state index is 12.5. The summed E-state index contributed by atoms with van der Waals surface area (Å²) < 4.78 is 0. The molecule has 0 aliphatic heterocycles. The van der Waals surface area contributed by atoms with Crippen molar-refractivity contribution in [1.29, 1.82) is 0 Å². The van der Waals surface area contributed by atoms with Crippen molar-refractivity contribution in [2.45, 2.75) is 13.0 Å². The first-order chi connectivity index (χ1) is 13.1. The van der Waals surface area contributed by atoms with Crippen LogP contribution in [0.2, 0.25) is 0 Å². The summed E-state index contributed by atoms with van der Waals surface area (Å²) in [6, 6.07) is 18.9. The SMILES string of the molecule is NNc1nc(N)cc(Cc2cccc(C(=O)NCc3ccccc3)c2)c1N. The van der Waals surface area contributed by atoms with Crippen LogP contribution >= 0.6 is 0 Å². The van der Waals surface area contributed by atoms with Gasteiger partial charge in [0.05, 0.1) is 5.69 Å². The van der Waals surface area contributed by atoms with Crippen LogP contribution in [0.4, 0.5) is 17.3 Å². The Morgan fingerprint density at radius 3 is 2.44 bits per heavy atom. The van der Waals surface area contributed by atoms with Crippen LogP contribution < -0.4 is 28.1 Å². The molecule has 2 aromatic carbocycles. The zero-order valence-corrected chi connectivity index (χ0v) is 14.8. The molecule has 0 atom stereocenters. The highest BCUT2D eigenvalue weighted by molar-refractivity contribution is 5.94. The van der Waals surface area contributed by atoms with Gasteiger partial charge in [-0.2, -0.15) is 0 Å². The van der Waals surface area contributed by atoms with E-state index in [0.29, 0.717) is 35.9 Å². The Hall–Kier alpha value is -3.58. The van der Waals surface area contributed by atoms with E-state index in [0.717, 1.165) is 16.7 Å². The van der Waals surface area contributed by atoms with Crippen molar-refractivity contribution in [3.8, 4) is 0 Å². The fourth-order valence-corrected chi connectivity index (χ4v) is 2.81. The average molecular weight is 362 g/mol. The van der Waals surface area contributed by atoms with Gasteiger partial charge in [-0.25, -0.2) is 10.8 Å². The Morgan fingerprint density at radius 1 is 0.963 bits per heavy atom. The molecule has 1 aromatic heterocycles. The van der Waals surface area contributed by atoms with Gasteiger partial charge in [-0.1, -0.05) is 42.5 Å². The van der Waals surface area contributed by atoms with Crippen molar-refractivity contribution in [2.75, 3.05) is 16.9 Å². The highest BCUT2D eigenvalue weighted by atomic mass is 16.1. The molecule has 27 heavy (non-hydrogen) atoms. The molecule has 8 N–H and O–H groups in total. The number of hydrazine groups is 1. The molecule has 0 spiro atoms. The second-order valence-corrected chi connectivity index (χ2v) is 6.16. The molecule has 1 heterocycles. The van der Waals surface area contributed by atoms with E-state index in [1.807, 2.05) is 48.5 Å². The molecule has 0 unspecified atom stereocenters. The molecule has 0 aliphatic rings. The van der Waals surface area contributed by atoms with Crippen LogP contribution in [-0.4, -0.2) is 10.9 Å². The van der Waals surface area contributed by atoms with Crippen LogP contribution in [0.15, 0.2) is 60.7 Å². The zero-order valence-electron chi connectivity index (χ0n) is 14.8. The Morgan fingerprint density at radius 2 is 1.70 bits per heavy atom. The van der Waals surface area contributed by atoms with Gasteiger partial charge in [0.15, 0.2) is 5.82 Å². The fourth-order valence-electron chi connectivity index (χ4n) is 2.81. The number of nitrogens with zero attached hydrogens (tertiary/aromatic N) is 1. The summed E-state index contributed by atoms with van der Waals surface area (Å²) >= 11 is 0. The number of pyridine rings is 1. The van der Waals surface area contributed by atoms with E-state index in [1.165, 1.54) is 0 Å². The lowest BCUT2D eigenvalue weighted by Gasteiger charge is -2.12. The van der Waals surface area contributed by atoms with Gasteiger partial charge in [-0.3, -0.25) is 4.79 Å². The minimum atomic E-state index is -0.132. The predicted octanol–water partition coefficient (Wildman–Crippen LogP) is 2.05. The molecular formula is C20H22N6O. The summed E-state index contributed by atoms with van der Waals surface area (Å²) in [7, 11) is 0. The lowest BCUT2D eigenvalue weighted by molar-refractivity contribution is 0.0951. The number of hydrogen-bond acceptors (Lipinski definition) is 6. The third-order valence-electron chi connectivity index (χ3n) is 4.18. The summed E-state index contributed by atoms with van der Waals surface area (Å²) in [4.78, 5) is 16.5. The number of carbonyl (C=O) groups excluding carboxylic acids is 1. The Kier molecular flexibility index (Phi) is 5.53. The molecule has 3 rings (SSSR count). The van der Waals surface area contributed by atoms with Crippen molar-refractivity contribution in [3.63, 3.8) is 0 Å². The standard InChI is InChI=1S/C20H22N6O/c21-17-11-16(18(22)19(25-17)26-23)10-14-7-4-8-15(9-14)20(27)24-12-13-5-2-1-3-6-13/h1-9,11H,10,12,22-23H2,(H,24,27)(H3,21,25,26). The second-order valence-electron chi connectivity index (χ2n) is 6.16. The smallest absolute Gasteiger partial charge is 0.251 e. The van der Waals surface area contributed by atoms with Crippen LogP contribution in [0.3, 0.4) is 0 Å². The third-order valence-corrected chi connectivity index (χ3v) is 4.18. The molecule has 0 saturated carbocycles. The molecule has 138 valence electrons. The first-order valence-corrected chi connectivity index (χ1v) is 8.49. The van der Waals surface area contributed by atoms with Crippen LogP contribution in [0, 0.1) is 0 Å². The second kappa shape index (κ2) is 8.20. The first-order valence-electron chi connectivity index (χ1n) is 8.49. The van der Waals surface area contributed by atoms with Gasteiger partial charge in [0, 0.05) is 12.1 Å². The zero-order chi connectivity index (χ0) is 19.2. The number of nitrogens with one attached hydrogen (secondary N) is 2. The normalized spacial score (nSPS) is 10.4. The topological polar surface area (TPSA) is 132 Å². The van der Waals surface area contributed by atoms with Gasteiger partial charge in [0.25, 0.3) is 5.91 Å². The number of amides is 1. The molecule has 3 aromatic rings. The Bertz CT molecular complexity index is 942. The third kappa shape index (κ3) is 4.53. The van der Waals surface area contributed by atoms with Crippen LogP contribution in [0.5, 0.6) is 0 Å². The van der Waals surface area contributed by atoms with Gasteiger partial charge < -0.3 is 22.2 Å². The molecule has 1 amide bonds. The molecule has 0 bridgehead atoms. The molecule has 0 fully saturated rings. The number of hydrogen-bond donors (Lipinski definition) is 5. The first kappa shape index (κ1) is 18.2. The number of carbonyl (C=O) groups is 1. The van der Waals surface area contributed by atoms with Crippen molar-refractivity contribution >= 4 is 23.2 Å². The maximum Gasteiger partial charge on any atom is 0.251 e. The number of benzene rings is 2. The molecule has 7 heteroatoms. The number of nitrogens with two attached hydrogens (primary N) is 3. The van der Waals surface area contributed by atoms with E-state index in [2.05, 4.69) is 15.7 Å². The molecule has 0 radical (unpaired) electrons. The quantitative estimate of drug-likeness (QED) is 0.337. The van der Waals surface area contributed by atoms with E-state index in [1.54, 1.807) is 12.1 Å². The average Bonchev–Trinajstić information content (AvgIpc) is 2.69. The summed E-state index contributed by atoms with van der Waals surface area (Å²) in [5.41, 5.74) is 18.1. The highest BCUT2D eigenvalue weighted by Crippen LogP contribution is 2.25. The van der Waals surface area contributed by atoms with Gasteiger partial charge in [-0.15, -0.1) is 0 Å². The van der Waals surface area contributed by atoms with E-state index < -0.39 is 0 Å². The minimum Gasteiger partial charge on any atom is -0.395 e. The predicted molar refractivity (Wildman–Crippen MR) is 108 cm³/mol. The van der Waals surface area contributed by atoms with Crippen LogP contribution in [0.1, 0.15) is 27.0 Å². The van der Waals surface area contributed by atoms with Crippen molar-refractivity contribution < 1.29 is 4.79 Å². The Labute approximate surface area is 157 Å². The molecule has 0 saturated heterocycles. The summed E-state index contributed by atoms with van der Waals surface area (Å²) in [5, 5.41) is 2.92. The van der Waals surface area contributed by atoms with E-state index >= 15 is 0 Å². The lowest BCUT2D eigenvalue weighted by Crippen LogP contribution is -2.22. The minimum absolute atomic E-state index is 0.132. The number of anilines is 3. The lowest BCUT2D eigenvalue weighted by atomic mass is 10.0. The maximum absolute atomic E-state index is 12.5. The molecule has 0 aliphatic carbocycles. The van der Waals surface area contributed by atoms with E-state index in [-0.39, 0.29) is 5.91 Å². The number of aromatic nitrogens is 1. The highest BCUT2D eigenvalue weighted by Gasteiger charge is 2.11. The van der Waals surface area contributed by atoms with Gasteiger partial charge in [0.2, 0.25) is 0 Å². The van der Waals surface area contributed by atoms with Gasteiger partial charge in [-0.05, 0) is 41.3 Å². The van der Waals surface area contributed by atoms with Crippen molar-refractivity contribution in [1.82, 2.24) is 10.3 Å². The summed E-state index contributed by atoms with van der Waals surface area (Å²) in [5.74, 6) is 5.95.